The van der Waals surface area contributed by atoms with Gasteiger partial charge in [-0.3, -0.25) is 14.7 Å². The van der Waals surface area contributed by atoms with Crippen LogP contribution in [0.5, 0.6) is 5.75 Å². The maximum Gasteiger partial charge on any atom is 0.222 e. The maximum atomic E-state index is 12.6. The summed E-state index contributed by atoms with van der Waals surface area (Å²) in [5.41, 5.74) is 4.02. The van der Waals surface area contributed by atoms with Gasteiger partial charge in [0.15, 0.2) is 0 Å². The lowest BCUT2D eigenvalue weighted by Gasteiger charge is -2.48. The smallest absolute Gasteiger partial charge is 0.222 e. The van der Waals surface area contributed by atoms with E-state index < -0.39 is 0 Å². The first-order chi connectivity index (χ1) is 14.1. The third-order valence-corrected chi connectivity index (χ3v) is 6.56. The van der Waals surface area contributed by atoms with Gasteiger partial charge in [-0.05, 0) is 73.7 Å². The van der Waals surface area contributed by atoms with Gasteiger partial charge >= 0.3 is 0 Å². The average molecular weight is 394 g/mol. The number of carbonyl (C=O) groups excluding carboxylic acids is 1. The van der Waals surface area contributed by atoms with E-state index in [4.69, 9.17) is 4.74 Å². The van der Waals surface area contributed by atoms with Crippen molar-refractivity contribution in [2.45, 2.75) is 45.7 Å². The van der Waals surface area contributed by atoms with Gasteiger partial charge in [-0.1, -0.05) is 6.07 Å². The van der Waals surface area contributed by atoms with E-state index in [0.717, 1.165) is 43.9 Å². The zero-order valence-electron chi connectivity index (χ0n) is 17.6. The van der Waals surface area contributed by atoms with Crippen LogP contribution in [-0.4, -0.2) is 47.4 Å². The molecule has 5 heteroatoms. The molecule has 0 aliphatic carbocycles. The Hall–Kier alpha value is -2.40. The normalized spacial score (nSPS) is 22.8. The van der Waals surface area contributed by atoms with Gasteiger partial charge in [0.1, 0.15) is 5.75 Å². The molecule has 1 atom stereocenters. The number of aryl methyl sites for hydroxylation is 1. The predicted molar refractivity (Wildman–Crippen MR) is 114 cm³/mol. The molecule has 1 spiro atoms. The van der Waals surface area contributed by atoms with Crippen LogP contribution in [0.2, 0.25) is 0 Å². The van der Waals surface area contributed by atoms with Crippen molar-refractivity contribution in [3.05, 3.63) is 59.4 Å². The Bertz CT molecular complexity index is 854. The van der Waals surface area contributed by atoms with Crippen LogP contribution in [0.3, 0.4) is 0 Å². The van der Waals surface area contributed by atoms with Crippen molar-refractivity contribution in [2.75, 3.05) is 26.7 Å². The average Bonchev–Trinajstić information content (AvgIpc) is 2.73. The van der Waals surface area contributed by atoms with Gasteiger partial charge in [0.25, 0.3) is 0 Å². The molecular formula is C24H31N3O2. The molecular weight excluding hydrogens is 362 g/mol. The Balaban J connectivity index is 1.44. The molecule has 0 radical (unpaired) electrons. The van der Waals surface area contributed by atoms with Gasteiger partial charge in [0.05, 0.1) is 7.11 Å². The van der Waals surface area contributed by atoms with Crippen molar-refractivity contribution < 1.29 is 9.53 Å². The molecule has 2 saturated heterocycles. The molecule has 3 heterocycles. The van der Waals surface area contributed by atoms with E-state index in [1.165, 1.54) is 24.0 Å². The fourth-order valence-electron chi connectivity index (χ4n) is 4.95. The van der Waals surface area contributed by atoms with E-state index in [1.54, 1.807) is 19.5 Å². The minimum Gasteiger partial charge on any atom is -0.497 e. The zero-order chi connectivity index (χ0) is 20.3. The Kier molecular flexibility index (Phi) is 5.86. The highest BCUT2D eigenvalue weighted by Gasteiger charge is 2.41. The van der Waals surface area contributed by atoms with Crippen LogP contribution in [0, 0.1) is 12.3 Å². The largest absolute Gasteiger partial charge is 0.497 e. The molecule has 0 bridgehead atoms. The number of pyridine rings is 1. The number of hydrogen-bond acceptors (Lipinski definition) is 4. The first-order valence-corrected chi connectivity index (χ1v) is 10.6. The summed E-state index contributed by atoms with van der Waals surface area (Å²) in [5, 5.41) is 0. The number of amides is 1. The monoisotopic (exact) mass is 393 g/mol. The topological polar surface area (TPSA) is 45.7 Å². The van der Waals surface area contributed by atoms with Crippen molar-refractivity contribution in [1.82, 2.24) is 14.8 Å². The number of benzene rings is 1. The fraction of sp³-hybridized carbons (Fsp3) is 0.500. The highest BCUT2D eigenvalue weighted by Crippen LogP contribution is 2.39. The highest BCUT2D eigenvalue weighted by atomic mass is 16.5. The number of aromatic nitrogens is 1. The second-order valence-corrected chi connectivity index (χ2v) is 8.71. The van der Waals surface area contributed by atoms with E-state index in [-0.39, 0.29) is 11.3 Å². The SMILES string of the molecule is COc1ccc(CN2CCC[C@]3(CCC(=O)N(Cc4ccncc4)C3)C2)c(C)c1. The number of rotatable bonds is 5. The predicted octanol–water partition coefficient (Wildman–Crippen LogP) is 3.80. The van der Waals surface area contributed by atoms with Crippen molar-refractivity contribution in [1.29, 1.82) is 0 Å². The molecule has 0 saturated carbocycles. The van der Waals surface area contributed by atoms with E-state index in [1.807, 2.05) is 12.1 Å². The van der Waals surface area contributed by atoms with E-state index in [2.05, 4.69) is 39.9 Å². The molecule has 2 aliphatic rings. The van der Waals surface area contributed by atoms with Crippen molar-refractivity contribution in [3.8, 4) is 5.75 Å². The van der Waals surface area contributed by atoms with Crippen molar-refractivity contribution in [3.63, 3.8) is 0 Å². The molecule has 29 heavy (non-hydrogen) atoms. The van der Waals surface area contributed by atoms with Crippen LogP contribution in [0.15, 0.2) is 42.7 Å². The molecule has 2 fully saturated rings. The van der Waals surface area contributed by atoms with E-state index >= 15 is 0 Å². The lowest BCUT2D eigenvalue weighted by Crippen LogP contribution is -2.53. The summed E-state index contributed by atoms with van der Waals surface area (Å²) in [5.74, 6) is 1.20. The summed E-state index contributed by atoms with van der Waals surface area (Å²) in [6.45, 7) is 6.89. The van der Waals surface area contributed by atoms with Crippen LogP contribution in [0.4, 0.5) is 0 Å². The van der Waals surface area contributed by atoms with Gasteiger partial charge < -0.3 is 9.64 Å². The number of nitrogens with zero attached hydrogens (tertiary/aromatic N) is 3. The summed E-state index contributed by atoms with van der Waals surface area (Å²) >= 11 is 0. The highest BCUT2D eigenvalue weighted by molar-refractivity contribution is 5.77. The van der Waals surface area contributed by atoms with Crippen LogP contribution in [-0.2, 0) is 17.9 Å². The Morgan fingerprint density at radius 1 is 1.10 bits per heavy atom. The zero-order valence-corrected chi connectivity index (χ0v) is 17.6. The molecule has 4 rings (SSSR count). The summed E-state index contributed by atoms with van der Waals surface area (Å²) < 4.78 is 5.35. The number of methoxy groups -OCH3 is 1. The molecule has 2 aromatic rings. The number of likely N-dealkylation sites (tertiary alicyclic amines) is 2. The lowest BCUT2D eigenvalue weighted by molar-refractivity contribution is -0.140. The minimum absolute atomic E-state index is 0.222. The first kappa shape index (κ1) is 19.9. The summed E-state index contributed by atoms with van der Waals surface area (Å²) in [6, 6.07) is 10.4. The molecule has 0 N–H and O–H groups in total. The van der Waals surface area contributed by atoms with Crippen molar-refractivity contribution >= 4 is 5.91 Å². The van der Waals surface area contributed by atoms with Gasteiger partial charge in [-0.15, -0.1) is 0 Å². The van der Waals surface area contributed by atoms with Crippen LogP contribution in [0.25, 0.3) is 0 Å². The Morgan fingerprint density at radius 3 is 2.69 bits per heavy atom. The third-order valence-electron chi connectivity index (χ3n) is 6.56. The maximum absolute atomic E-state index is 12.6. The molecule has 2 aliphatic heterocycles. The quantitative estimate of drug-likeness (QED) is 0.775. The molecule has 1 aromatic heterocycles. The minimum atomic E-state index is 0.222. The summed E-state index contributed by atoms with van der Waals surface area (Å²) in [6.07, 6.45) is 7.70. The van der Waals surface area contributed by atoms with E-state index in [9.17, 15) is 4.79 Å². The van der Waals surface area contributed by atoms with Crippen molar-refractivity contribution in [2.24, 2.45) is 5.41 Å². The number of carbonyl (C=O) groups is 1. The molecule has 5 nitrogen and oxygen atoms in total. The molecule has 1 aromatic carbocycles. The van der Waals surface area contributed by atoms with Crippen LogP contribution in [0.1, 0.15) is 42.4 Å². The fourth-order valence-corrected chi connectivity index (χ4v) is 4.95. The molecule has 0 unspecified atom stereocenters. The Morgan fingerprint density at radius 2 is 1.93 bits per heavy atom. The number of ether oxygens (including phenoxy) is 1. The summed E-state index contributed by atoms with van der Waals surface area (Å²) in [4.78, 5) is 21.3. The first-order valence-electron chi connectivity index (χ1n) is 10.6. The van der Waals surface area contributed by atoms with Crippen LogP contribution < -0.4 is 4.74 Å². The standard InChI is InChI=1S/C24H31N3O2/c1-19-14-22(29-2)5-4-21(19)16-26-13-3-9-24(17-26)10-6-23(28)27(18-24)15-20-7-11-25-12-8-20/h4-5,7-8,11-12,14H,3,6,9-10,13,15-18H2,1-2H3/t24-/m0/s1. The summed E-state index contributed by atoms with van der Waals surface area (Å²) in [7, 11) is 1.71. The van der Waals surface area contributed by atoms with E-state index in [0.29, 0.717) is 13.0 Å². The molecule has 1 amide bonds. The second-order valence-electron chi connectivity index (χ2n) is 8.71. The Labute approximate surface area is 173 Å². The van der Waals surface area contributed by atoms with Gasteiger partial charge in [-0.25, -0.2) is 0 Å². The second kappa shape index (κ2) is 8.54. The van der Waals surface area contributed by atoms with Gasteiger partial charge in [0.2, 0.25) is 5.91 Å². The number of hydrogen-bond donors (Lipinski definition) is 0. The lowest BCUT2D eigenvalue weighted by atomic mass is 9.73. The van der Waals surface area contributed by atoms with Gasteiger partial charge in [0, 0.05) is 50.4 Å². The third kappa shape index (κ3) is 4.61. The van der Waals surface area contributed by atoms with Gasteiger partial charge in [-0.2, -0.15) is 0 Å². The van der Waals surface area contributed by atoms with Crippen LogP contribution >= 0.6 is 0 Å². The molecule has 154 valence electrons. The number of piperidine rings is 2.